The molecule has 0 saturated carbocycles. The zero-order chi connectivity index (χ0) is 27.4. The van der Waals surface area contributed by atoms with Crippen LogP contribution < -0.4 is 4.74 Å². The number of rotatable bonds is 9. The summed E-state index contributed by atoms with van der Waals surface area (Å²) in [5.74, 6) is -0.0353. The molecule has 0 bridgehead atoms. The van der Waals surface area contributed by atoms with Crippen molar-refractivity contribution in [2.24, 2.45) is 5.16 Å². The van der Waals surface area contributed by atoms with Gasteiger partial charge in [0.1, 0.15) is 17.3 Å². The fraction of sp³-hybridized carbons (Fsp3) is 0.100. The second-order valence-electron chi connectivity index (χ2n) is 8.75. The Hall–Kier alpha value is -4.60. The number of carbonyl (C=O) groups excluding carboxylic acids is 1. The molecular weight excluding hydrogens is 516 g/mol. The molecule has 0 saturated heterocycles. The van der Waals surface area contributed by atoms with Crippen molar-refractivity contribution in [1.82, 2.24) is 4.98 Å². The number of fused-ring (bicyclic) bond motifs is 2. The van der Waals surface area contributed by atoms with E-state index in [0.717, 1.165) is 10.9 Å². The highest BCUT2D eigenvalue weighted by Gasteiger charge is 2.24. The van der Waals surface area contributed by atoms with Crippen LogP contribution in [0.25, 0.3) is 21.7 Å². The van der Waals surface area contributed by atoms with Gasteiger partial charge < -0.3 is 9.84 Å². The molecule has 1 heterocycles. The zero-order valence-electron chi connectivity index (χ0n) is 20.9. The van der Waals surface area contributed by atoms with Gasteiger partial charge >= 0.3 is 10.1 Å². The van der Waals surface area contributed by atoms with Gasteiger partial charge in [-0.2, -0.15) is 8.42 Å². The van der Waals surface area contributed by atoms with E-state index in [9.17, 15) is 18.3 Å². The first-order chi connectivity index (χ1) is 18.9. The Morgan fingerprint density at radius 3 is 2.46 bits per heavy atom. The van der Waals surface area contributed by atoms with Gasteiger partial charge in [-0.1, -0.05) is 59.3 Å². The molecule has 0 atom stereocenters. The molecule has 8 nitrogen and oxygen atoms in total. The van der Waals surface area contributed by atoms with Crippen LogP contribution >= 0.6 is 0 Å². The molecule has 0 spiro atoms. The maximum absolute atomic E-state index is 14.0. The predicted molar refractivity (Wildman–Crippen MR) is 149 cm³/mol. The number of aliphatic hydroxyl groups excluding tert-OH is 1. The van der Waals surface area contributed by atoms with Crippen LogP contribution in [0.3, 0.4) is 0 Å². The highest BCUT2D eigenvalue weighted by atomic mass is 32.2. The van der Waals surface area contributed by atoms with Crippen LogP contribution in [0.2, 0.25) is 0 Å². The number of oxime groups is 1. The Bertz CT molecular complexity index is 1820. The minimum atomic E-state index is -4.29. The third-order valence-electron chi connectivity index (χ3n) is 6.11. The van der Waals surface area contributed by atoms with E-state index >= 15 is 0 Å². The van der Waals surface area contributed by atoms with Crippen LogP contribution in [0.1, 0.15) is 21.5 Å². The molecular formula is C30H24N2O6S. The van der Waals surface area contributed by atoms with Crippen molar-refractivity contribution in [2.45, 2.75) is 11.8 Å². The third-order valence-corrected chi connectivity index (χ3v) is 7.23. The first kappa shape index (κ1) is 26.0. The predicted octanol–water partition coefficient (Wildman–Crippen LogP) is 5.06. The lowest BCUT2D eigenvalue weighted by atomic mass is 9.95. The molecule has 5 rings (SSSR count). The fourth-order valence-electron chi connectivity index (χ4n) is 4.16. The zero-order valence-corrected chi connectivity index (χ0v) is 21.8. The second kappa shape index (κ2) is 11.0. The number of ketones is 1. The molecule has 0 unspecified atom stereocenters. The number of aryl methyl sites for hydroxylation is 1. The number of aliphatic hydroxyl groups is 1. The van der Waals surface area contributed by atoms with Crippen molar-refractivity contribution in [1.29, 1.82) is 0 Å². The van der Waals surface area contributed by atoms with Gasteiger partial charge in [-0.15, -0.1) is 0 Å². The highest BCUT2D eigenvalue weighted by molar-refractivity contribution is 7.86. The summed E-state index contributed by atoms with van der Waals surface area (Å²) in [6, 6.07) is 25.2. The molecule has 196 valence electrons. The standard InChI is InChI=1S/C30H24N2O6S/c1-20-8-11-23(12-9-20)39(35,36)38-32-29(22-10-14-27-21(19-22)5-4-16-31-27)30(34)26-13-15-28(37-18-17-33)25-7-3-2-6-24(25)26/h2-16,19,33H,17-18H2,1H3/b32-29+. The Morgan fingerprint density at radius 2 is 1.69 bits per heavy atom. The van der Waals surface area contributed by atoms with E-state index < -0.39 is 15.9 Å². The van der Waals surface area contributed by atoms with Crippen LogP contribution in [0.15, 0.2) is 107 Å². The minimum Gasteiger partial charge on any atom is -0.491 e. The fourth-order valence-corrected chi connectivity index (χ4v) is 4.89. The van der Waals surface area contributed by atoms with Gasteiger partial charge in [0.25, 0.3) is 0 Å². The number of ether oxygens (including phenoxy) is 1. The summed E-state index contributed by atoms with van der Waals surface area (Å²) in [5, 5.41) is 15.1. The van der Waals surface area contributed by atoms with Gasteiger partial charge in [0.2, 0.25) is 5.78 Å². The molecule has 0 aliphatic carbocycles. The molecule has 1 aromatic heterocycles. The number of hydrogen-bond donors (Lipinski definition) is 1. The first-order valence-corrected chi connectivity index (χ1v) is 13.5. The molecule has 9 heteroatoms. The van der Waals surface area contributed by atoms with Crippen molar-refractivity contribution in [2.75, 3.05) is 13.2 Å². The van der Waals surface area contributed by atoms with E-state index in [2.05, 4.69) is 10.1 Å². The number of nitrogens with zero attached hydrogens (tertiary/aromatic N) is 2. The van der Waals surface area contributed by atoms with E-state index in [4.69, 9.17) is 9.02 Å². The number of pyridine rings is 1. The Kier molecular flexibility index (Phi) is 7.36. The molecule has 5 aromatic rings. The van der Waals surface area contributed by atoms with E-state index in [-0.39, 0.29) is 29.4 Å². The summed E-state index contributed by atoms with van der Waals surface area (Å²) in [6.07, 6.45) is 1.66. The monoisotopic (exact) mass is 540 g/mol. The van der Waals surface area contributed by atoms with Crippen LogP contribution in [0.5, 0.6) is 5.75 Å². The number of aromatic nitrogens is 1. The second-order valence-corrected chi connectivity index (χ2v) is 10.3. The summed E-state index contributed by atoms with van der Waals surface area (Å²) in [7, 11) is -4.29. The first-order valence-electron chi connectivity index (χ1n) is 12.1. The summed E-state index contributed by atoms with van der Waals surface area (Å²) >= 11 is 0. The quantitative estimate of drug-likeness (QED) is 0.158. The number of hydrogen-bond acceptors (Lipinski definition) is 8. The van der Waals surface area contributed by atoms with Crippen molar-refractivity contribution < 1.29 is 27.3 Å². The van der Waals surface area contributed by atoms with E-state index in [1.807, 2.05) is 19.1 Å². The summed E-state index contributed by atoms with van der Waals surface area (Å²) in [5.41, 5.74) is 2.05. The van der Waals surface area contributed by atoms with Gasteiger partial charge in [-0.05, 0) is 54.8 Å². The lowest BCUT2D eigenvalue weighted by Crippen LogP contribution is -2.18. The van der Waals surface area contributed by atoms with Crippen LogP contribution in [-0.4, -0.2) is 43.2 Å². The topological polar surface area (TPSA) is 115 Å². The smallest absolute Gasteiger partial charge is 0.358 e. The van der Waals surface area contributed by atoms with Gasteiger partial charge in [0.05, 0.1) is 12.1 Å². The summed E-state index contributed by atoms with van der Waals surface area (Å²) < 4.78 is 36.6. The Morgan fingerprint density at radius 1 is 0.923 bits per heavy atom. The number of benzene rings is 4. The lowest BCUT2D eigenvalue weighted by molar-refractivity contribution is 0.106. The molecule has 39 heavy (non-hydrogen) atoms. The van der Waals surface area contributed by atoms with Crippen molar-refractivity contribution in [3.63, 3.8) is 0 Å². The van der Waals surface area contributed by atoms with Gasteiger partial charge in [-0.3, -0.25) is 14.1 Å². The Balaban J connectivity index is 1.62. The molecule has 0 aliphatic heterocycles. The maximum atomic E-state index is 14.0. The van der Waals surface area contributed by atoms with Gasteiger partial charge in [0, 0.05) is 28.1 Å². The minimum absolute atomic E-state index is 0.0813. The van der Waals surface area contributed by atoms with Crippen LogP contribution in [-0.2, 0) is 14.4 Å². The maximum Gasteiger partial charge on any atom is 0.358 e. The molecule has 0 amide bonds. The Labute approximate surface area is 225 Å². The molecule has 0 radical (unpaired) electrons. The van der Waals surface area contributed by atoms with Gasteiger partial charge in [-0.25, -0.2) is 0 Å². The molecule has 4 aromatic carbocycles. The van der Waals surface area contributed by atoms with E-state index in [1.165, 1.54) is 12.1 Å². The molecule has 0 aliphatic rings. The van der Waals surface area contributed by atoms with Crippen LogP contribution in [0.4, 0.5) is 0 Å². The van der Waals surface area contributed by atoms with Crippen molar-refractivity contribution in [3.8, 4) is 5.75 Å². The molecule has 0 fully saturated rings. The third kappa shape index (κ3) is 5.50. The average Bonchev–Trinajstić information content (AvgIpc) is 2.96. The van der Waals surface area contributed by atoms with Crippen molar-refractivity contribution in [3.05, 3.63) is 114 Å². The largest absolute Gasteiger partial charge is 0.491 e. The van der Waals surface area contributed by atoms with Crippen molar-refractivity contribution >= 4 is 43.3 Å². The van der Waals surface area contributed by atoms with E-state index in [1.54, 1.807) is 72.9 Å². The summed E-state index contributed by atoms with van der Waals surface area (Å²) in [6.45, 7) is 1.78. The highest BCUT2D eigenvalue weighted by Crippen LogP contribution is 2.30. The average molecular weight is 541 g/mol. The summed E-state index contributed by atoms with van der Waals surface area (Å²) in [4.78, 5) is 18.2. The normalized spacial score (nSPS) is 12.0. The number of Topliss-reactive ketones (excluding diaryl/α,β-unsaturated/α-hetero) is 1. The number of carbonyl (C=O) groups is 1. The molecule has 1 N–H and O–H groups in total. The van der Waals surface area contributed by atoms with Gasteiger partial charge in [0.15, 0.2) is 5.71 Å². The lowest BCUT2D eigenvalue weighted by Gasteiger charge is -2.13. The SMILES string of the molecule is Cc1ccc(S(=O)(=O)O/N=C(/C(=O)c2ccc(OCCO)c3ccccc23)c2ccc3ncccc3c2)cc1. The van der Waals surface area contributed by atoms with E-state index in [0.29, 0.717) is 27.6 Å². The van der Waals surface area contributed by atoms with Crippen LogP contribution in [0, 0.1) is 6.92 Å².